The minimum absolute atomic E-state index is 0.00327. The smallest absolute Gasteiger partial charge is 0.165 e. The van der Waals surface area contributed by atoms with Gasteiger partial charge in [-0.3, -0.25) is 0 Å². The largest absolute Gasteiger partial charge is 0.490 e. The number of hydrogen-bond acceptors (Lipinski definition) is 2. The maximum atomic E-state index is 14.5. The fourth-order valence-electron chi connectivity index (χ4n) is 3.98. The molecule has 2 nitrogen and oxygen atoms in total. The zero-order valence-corrected chi connectivity index (χ0v) is 15.6. The average molecular weight is 388 g/mol. The highest BCUT2D eigenvalue weighted by atomic mass is 19.2. The van der Waals surface area contributed by atoms with Crippen molar-refractivity contribution in [1.29, 1.82) is 0 Å². The molecule has 2 fully saturated rings. The summed E-state index contributed by atoms with van der Waals surface area (Å²) < 4.78 is 53.5. The number of halogens is 3. The van der Waals surface area contributed by atoms with Gasteiger partial charge < -0.3 is 9.47 Å². The van der Waals surface area contributed by atoms with E-state index in [1.165, 1.54) is 6.07 Å². The Morgan fingerprint density at radius 1 is 1.00 bits per heavy atom. The first kappa shape index (κ1) is 19.1. The Labute approximate surface area is 163 Å². The maximum absolute atomic E-state index is 14.5. The topological polar surface area (TPSA) is 21.8 Å². The summed E-state index contributed by atoms with van der Waals surface area (Å²) in [4.78, 5) is 0. The average Bonchev–Trinajstić information content (AvgIpc) is 3.55. The van der Waals surface area contributed by atoms with Crippen molar-refractivity contribution in [2.24, 2.45) is 5.92 Å². The molecule has 1 unspecified atom stereocenters. The third-order valence-electron chi connectivity index (χ3n) is 5.78. The van der Waals surface area contributed by atoms with E-state index >= 15 is 0 Å². The lowest BCUT2D eigenvalue weighted by molar-refractivity contribution is 0.193. The van der Waals surface area contributed by atoms with Crippen molar-refractivity contribution in [2.75, 3.05) is 13.2 Å². The lowest BCUT2D eigenvalue weighted by Crippen LogP contribution is -2.20. The molecule has 148 valence electrons. The Balaban J connectivity index is 1.33. The Bertz CT molecular complexity index is 868. The van der Waals surface area contributed by atoms with Gasteiger partial charge in [0, 0.05) is 5.56 Å². The second-order valence-corrected chi connectivity index (χ2v) is 7.62. The van der Waals surface area contributed by atoms with Crippen LogP contribution in [0.2, 0.25) is 0 Å². The van der Waals surface area contributed by atoms with Crippen LogP contribution in [-0.4, -0.2) is 13.2 Å². The Morgan fingerprint density at radius 3 is 2.32 bits per heavy atom. The second kappa shape index (κ2) is 8.00. The molecule has 0 amide bonds. The quantitative estimate of drug-likeness (QED) is 0.552. The van der Waals surface area contributed by atoms with Crippen molar-refractivity contribution < 1.29 is 22.6 Å². The standard InChI is InChI=1S/C23H23F3O2/c1-2-14-5-10-20(19(24)11-14)27-12-15-3-6-16(7-4-15)17-8-9-18(21-13-28-21)23(26)22(17)25/h2,5,8-11,15-16,21H,1,3-4,6-7,12-13H2. The lowest BCUT2D eigenvalue weighted by atomic mass is 9.78. The summed E-state index contributed by atoms with van der Waals surface area (Å²) >= 11 is 0. The summed E-state index contributed by atoms with van der Waals surface area (Å²) in [5, 5.41) is 0. The van der Waals surface area contributed by atoms with Crippen molar-refractivity contribution >= 4 is 6.08 Å². The first-order chi connectivity index (χ1) is 13.6. The Morgan fingerprint density at radius 2 is 1.68 bits per heavy atom. The molecule has 1 atom stereocenters. The Hall–Kier alpha value is -2.27. The van der Waals surface area contributed by atoms with Crippen LogP contribution in [0.25, 0.3) is 6.08 Å². The fourth-order valence-corrected chi connectivity index (χ4v) is 3.98. The monoisotopic (exact) mass is 388 g/mol. The zero-order chi connectivity index (χ0) is 19.7. The molecule has 0 radical (unpaired) electrons. The summed E-state index contributed by atoms with van der Waals surface area (Å²) in [7, 11) is 0. The summed E-state index contributed by atoms with van der Waals surface area (Å²) in [5.74, 6) is -1.40. The van der Waals surface area contributed by atoms with Crippen LogP contribution in [0.3, 0.4) is 0 Å². The normalized spacial score (nSPS) is 24.0. The van der Waals surface area contributed by atoms with E-state index in [1.807, 2.05) is 0 Å². The highest BCUT2D eigenvalue weighted by Crippen LogP contribution is 2.40. The number of hydrogen-bond donors (Lipinski definition) is 0. The first-order valence-electron chi connectivity index (χ1n) is 9.71. The summed E-state index contributed by atoms with van der Waals surface area (Å²) in [6.45, 7) is 4.50. The number of benzene rings is 2. The zero-order valence-electron chi connectivity index (χ0n) is 15.6. The van der Waals surface area contributed by atoms with Crippen LogP contribution >= 0.6 is 0 Å². The molecule has 5 heteroatoms. The summed E-state index contributed by atoms with van der Waals surface area (Å²) in [5.41, 5.74) is 1.47. The van der Waals surface area contributed by atoms with Gasteiger partial charge in [0.25, 0.3) is 0 Å². The predicted octanol–water partition coefficient (Wildman–Crippen LogP) is 6.17. The minimum Gasteiger partial charge on any atom is -0.490 e. The van der Waals surface area contributed by atoms with E-state index in [0.29, 0.717) is 29.9 Å². The molecular weight excluding hydrogens is 365 g/mol. The highest BCUT2D eigenvalue weighted by molar-refractivity contribution is 5.48. The molecule has 0 N–H and O–H groups in total. The van der Waals surface area contributed by atoms with E-state index < -0.39 is 17.5 Å². The molecule has 28 heavy (non-hydrogen) atoms. The Kier molecular flexibility index (Phi) is 5.44. The van der Waals surface area contributed by atoms with Crippen LogP contribution in [0.5, 0.6) is 5.75 Å². The van der Waals surface area contributed by atoms with Gasteiger partial charge >= 0.3 is 0 Å². The molecule has 1 saturated heterocycles. The third-order valence-corrected chi connectivity index (χ3v) is 5.78. The lowest BCUT2D eigenvalue weighted by Gasteiger charge is -2.29. The summed E-state index contributed by atoms with van der Waals surface area (Å²) in [6.07, 6.45) is 4.50. The molecule has 2 aromatic rings. The van der Waals surface area contributed by atoms with Gasteiger partial charge in [-0.1, -0.05) is 30.9 Å². The van der Waals surface area contributed by atoms with Crippen molar-refractivity contribution in [3.8, 4) is 5.75 Å². The van der Waals surface area contributed by atoms with E-state index in [2.05, 4.69) is 6.58 Å². The van der Waals surface area contributed by atoms with Gasteiger partial charge in [-0.15, -0.1) is 0 Å². The molecule has 2 aromatic carbocycles. The van der Waals surface area contributed by atoms with E-state index in [0.717, 1.165) is 25.7 Å². The van der Waals surface area contributed by atoms with Crippen molar-refractivity contribution in [3.63, 3.8) is 0 Å². The molecule has 0 bridgehead atoms. The molecule has 1 aliphatic heterocycles. The number of ether oxygens (including phenoxy) is 2. The fraction of sp³-hybridized carbons (Fsp3) is 0.391. The molecule has 2 aliphatic rings. The third kappa shape index (κ3) is 3.95. The molecule has 1 aliphatic carbocycles. The van der Waals surface area contributed by atoms with Gasteiger partial charge in [0.1, 0.15) is 6.10 Å². The van der Waals surface area contributed by atoms with Gasteiger partial charge in [-0.2, -0.15) is 0 Å². The van der Waals surface area contributed by atoms with Gasteiger partial charge in [0.05, 0.1) is 13.2 Å². The van der Waals surface area contributed by atoms with E-state index in [-0.39, 0.29) is 23.7 Å². The molecule has 0 aromatic heterocycles. The van der Waals surface area contributed by atoms with Crippen LogP contribution in [0.15, 0.2) is 36.9 Å². The SMILES string of the molecule is C=Cc1ccc(OCC2CCC(c3ccc(C4CO4)c(F)c3F)CC2)c(F)c1. The molecule has 1 saturated carbocycles. The molecule has 1 heterocycles. The van der Waals surface area contributed by atoms with Crippen LogP contribution < -0.4 is 4.74 Å². The highest BCUT2D eigenvalue weighted by Gasteiger charge is 2.32. The maximum Gasteiger partial charge on any atom is 0.165 e. The number of rotatable bonds is 6. The van der Waals surface area contributed by atoms with Crippen molar-refractivity contribution in [2.45, 2.75) is 37.7 Å². The minimum atomic E-state index is -0.774. The van der Waals surface area contributed by atoms with Crippen LogP contribution in [0.4, 0.5) is 13.2 Å². The van der Waals surface area contributed by atoms with E-state index in [9.17, 15) is 13.2 Å². The van der Waals surface area contributed by atoms with Crippen LogP contribution in [0.1, 0.15) is 54.4 Å². The molecular formula is C23H23F3O2. The second-order valence-electron chi connectivity index (χ2n) is 7.62. The number of epoxide rings is 1. The van der Waals surface area contributed by atoms with Gasteiger partial charge in [-0.05, 0) is 60.8 Å². The first-order valence-corrected chi connectivity index (χ1v) is 9.71. The van der Waals surface area contributed by atoms with Crippen LogP contribution in [-0.2, 0) is 4.74 Å². The van der Waals surface area contributed by atoms with Gasteiger partial charge in [0.15, 0.2) is 23.2 Å². The van der Waals surface area contributed by atoms with E-state index in [1.54, 1.807) is 30.3 Å². The van der Waals surface area contributed by atoms with Crippen molar-refractivity contribution in [3.05, 3.63) is 71.1 Å². The molecule has 4 rings (SSSR count). The predicted molar refractivity (Wildman–Crippen MR) is 102 cm³/mol. The molecule has 0 spiro atoms. The van der Waals surface area contributed by atoms with Crippen LogP contribution in [0, 0.1) is 23.4 Å². The van der Waals surface area contributed by atoms with E-state index in [4.69, 9.17) is 9.47 Å². The van der Waals surface area contributed by atoms with Crippen molar-refractivity contribution in [1.82, 2.24) is 0 Å². The summed E-state index contributed by atoms with van der Waals surface area (Å²) in [6, 6.07) is 8.12. The van der Waals surface area contributed by atoms with Gasteiger partial charge in [-0.25, -0.2) is 13.2 Å². The van der Waals surface area contributed by atoms with Gasteiger partial charge in [0.2, 0.25) is 0 Å².